The van der Waals surface area contributed by atoms with E-state index in [1.165, 1.54) is 24.1 Å². The SMILES string of the molecule is CNC(=O)Nc1ccc2c(c1F)CCC21OC(=O)N(CC(=O)N2[C@@H](C)CC[C@H]2c2cc(F)c(F)c(F)c2)C1=O. The number of imide groups is 1. The molecule has 2 aliphatic heterocycles. The zero-order valence-corrected chi connectivity index (χ0v) is 20.9. The van der Waals surface area contributed by atoms with Crippen molar-refractivity contribution in [2.75, 3.05) is 18.9 Å². The van der Waals surface area contributed by atoms with Crippen molar-refractivity contribution in [3.63, 3.8) is 0 Å². The Balaban J connectivity index is 1.39. The molecule has 2 saturated heterocycles. The zero-order chi connectivity index (χ0) is 28.2. The first-order valence-corrected chi connectivity index (χ1v) is 12.3. The number of anilines is 1. The van der Waals surface area contributed by atoms with E-state index in [2.05, 4.69) is 10.6 Å². The Labute approximate surface area is 220 Å². The lowest BCUT2D eigenvalue weighted by atomic mass is 9.94. The van der Waals surface area contributed by atoms with Crippen LogP contribution in [-0.2, 0) is 26.3 Å². The van der Waals surface area contributed by atoms with Gasteiger partial charge < -0.3 is 20.3 Å². The van der Waals surface area contributed by atoms with Gasteiger partial charge >= 0.3 is 12.1 Å². The molecule has 0 bridgehead atoms. The monoisotopic (exact) mass is 548 g/mol. The van der Waals surface area contributed by atoms with Crippen LogP contribution >= 0.6 is 0 Å². The average Bonchev–Trinajstić information content (AvgIpc) is 3.54. The van der Waals surface area contributed by atoms with E-state index in [1.54, 1.807) is 6.92 Å². The molecule has 0 saturated carbocycles. The Bertz CT molecular complexity index is 1400. The van der Waals surface area contributed by atoms with Crippen LogP contribution in [0.2, 0.25) is 0 Å². The van der Waals surface area contributed by atoms with Gasteiger partial charge in [0.05, 0.1) is 11.7 Å². The summed E-state index contributed by atoms with van der Waals surface area (Å²) >= 11 is 0. The predicted octanol–water partition coefficient (Wildman–Crippen LogP) is 3.87. The number of fused-ring (bicyclic) bond motifs is 2. The number of rotatable bonds is 4. The lowest BCUT2D eigenvalue weighted by molar-refractivity contribution is -0.143. The number of benzene rings is 2. The van der Waals surface area contributed by atoms with Gasteiger partial charge in [0, 0.05) is 25.1 Å². The second-order valence-electron chi connectivity index (χ2n) is 9.79. The smallest absolute Gasteiger partial charge is 0.418 e. The van der Waals surface area contributed by atoms with Crippen molar-refractivity contribution in [1.82, 2.24) is 15.1 Å². The Hall–Kier alpha value is -4.16. The molecular weight excluding hydrogens is 524 g/mol. The molecule has 2 aromatic carbocycles. The molecule has 2 aromatic rings. The van der Waals surface area contributed by atoms with Crippen molar-refractivity contribution in [3.8, 4) is 0 Å². The minimum atomic E-state index is -1.82. The van der Waals surface area contributed by atoms with E-state index in [0.717, 1.165) is 12.1 Å². The molecular formula is C26H24F4N4O5. The van der Waals surface area contributed by atoms with E-state index >= 15 is 4.39 Å². The molecule has 3 atom stereocenters. The number of hydrogen-bond acceptors (Lipinski definition) is 5. The molecule has 1 spiro atoms. The summed E-state index contributed by atoms with van der Waals surface area (Å²) in [7, 11) is 1.36. The third kappa shape index (κ3) is 4.16. The quantitative estimate of drug-likeness (QED) is 0.446. The van der Waals surface area contributed by atoms with E-state index in [9.17, 15) is 32.3 Å². The van der Waals surface area contributed by atoms with Crippen LogP contribution in [0.1, 0.15) is 48.9 Å². The van der Waals surface area contributed by atoms with Crippen LogP contribution in [0.5, 0.6) is 0 Å². The summed E-state index contributed by atoms with van der Waals surface area (Å²) in [4.78, 5) is 53.2. The van der Waals surface area contributed by atoms with E-state index in [-0.39, 0.29) is 35.2 Å². The largest absolute Gasteiger partial charge is 0.427 e. The number of hydrogen-bond donors (Lipinski definition) is 2. The summed E-state index contributed by atoms with van der Waals surface area (Å²) in [6, 6.07) is 2.45. The molecule has 39 heavy (non-hydrogen) atoms. The summed E-state index contributed by atoms with van der Waals surface area (Å²) in [6.45, 7) is 1.00. The van der Waals surface area contributed by atoms with Gasteiger partial charge in [0.2, 0.25) is 11.5 Å². The lowest BCUT2D eigenvalue weighted by Crippen LogP contribution is -2.46. The molecule has 206 valence electrons. The first kappa shape index (κ1) is 26.4. The molecule has 9 nitrogen and oxygen atoms in total. The molecule has 2 N–H and O–H groups in total. The van der Waals surface area contributed by atoms with Gasteiger partial charge in [0.1, 0.15) is 12.4 Å². The zero-order valence-electron chi connectivity index (χ0n) is 20.9. The maximum atomic E-state index is 15.1. The van der Waals surface area contributed by atoms with Crippen molar-refractivity contribution in [2.45, 2.75) is 50.3 Å². The highest BCUT2D eigenvalue weighted by molar-refractivity contribution is 6.06. The summed E-state index contributed by atoms with van der Waals surface area (Å²) < 4.78 is 61.9. The topological polar surface area (TPSA) is 108 Å². The van der Waals surface area contributed by atoms with Crippen molar-refractivity contribution in [3.05, 3.63) is 64.2 Å². The molecule has 5 amide bonds. The molecule has 0 aromatic heterocycles. The number of halogens is 4. The molecule has 1 unspecified atom stereocenters. The number of carbonyl (C=O) groups is 4. The number of nitrogens with zero attached hydrogens (tertiary/aromatic N) is 2. The average molecular weight is 548 g/mol. The van der Waals surface area contributed by atoms with Crippen LogP contribution in [0.25, 0.3) is 0 Å². The van der Waals surface area contributed by atoms with Crippen LogP contribution in [0, 0.1) is 23.3 Å². The molecule has 5 rings (SSSR count). The highest BCUT2D eigenvalue weighted by Crippen LogP contribution is 2.47. The van der Waals surface area contributed by atoms with Gasteiger partial charge in [-0.15, -0.1) is 0 Å². The van der Waals surface area contributed by atoms with Gasteiger partial charge in [-0.25, -0.2) is 32.1 Å². The third-order valence-corrected chi connectivity index (χ3v) is 7.59. The number of ether oxygens (including phenoxy) is 1. The van der Waals surface area contributed by atoms with Crippen molar-refractivity contribution in [2.24, 2.45) is 0 Å². The minimum absolute atomic E-state index is 0.0398. The number of nitrogens with one attached hydrogen (secondary N) is 2. The predicted molar refractivity (Wildman–Crippen MR) is 127 cm³/mol. The maximum Gasteiger partial charge on any atom is 0.418 e. The van der Waals surface area contributed by atoms with Crippen LogP contribution in [0.3, 0.4) is 0 Å². The van der Waals surface area contributed by atoms with Gasteiger partial charge in [-0.05, 0) is 55.5 Å². The Kier molecular flexibility index (Phi) is 6.47. The van der Waals surface area contributed by atoms with Crippen molar-refractivity contribution in [1.29, 1.82) is 0 Å². The molecule has 2 fully saturated rings. The lowest BCUT2D eigenvalue weighted by Gasteiger charge is -2.30. The van der Waals surface area contributed by atoms with E-state index in [1.807, 2.05) is 0 Å². The summed E-state index contributed by atoms with van der Waals surface area (Å²) in [6.07, 6.45) is -0.305. The normalized spacial score (nSPS) is 23.8. The first-order chi connectivity index (χ1) is 18.5. The van der Waals surface area contributed by atoms with Gasteiger partial charge in [-0.2, -0.15) is 0 Å². The second-order valence-corrected chi connectivity index (χ2v) is 9.79. The minimum Gasteiger partial charge on any atom is -0.427 e. The molecule has 13 heteroatoms. The number of urea groups is 1. The number of carbonyl (C=O) groups excluding carboxylic acids is 4. The maximum absolute atomic E-state index is 15.1. The first-order valence-electron chi connectivity index (χ1n) is 12.3. The summed E-state index contributed by atoms with van der Waals surface area (Å²) in [5.41, 5.74) is -1.65. The van der Waals surface area contributed by atoms with E-state index in [0.29, 0.717) is 17.7 Å². The fourth-order valence-corrected chi connectivity index (χ4v) is 5.69. The van der Waals surface area contributed by atoms with Crippen LogP contribution in [-0.4, -0.2) is 53.4 Å². The molecule has 2 heterocycles. The fourth-order valence-electron chi connectivity index (χ4n) is 5.69. The Morgan fingerprint density at radius 3 is 2.44 bits per heavy atom. The van der Waals surface area contributed by atoms with Crippen molar-refractivity contribution >= 4 is 29.6 Å². The summed E-state index contributed by atoms with van der Waals surface area (Å²) in [5, 5.41) is 4.65. The third-order valence-electron chi connectivity index (χ3n) is 7.59. The molecule has 3 aliphatic rings. The highest BCUT2D eigenvalue weighted by atomic mass is 19.2. The van der Waals surface area contributed by atoms with Gasteiger partial charge in [-0.1, -0.05) is 6.07 Å². The fraction of sp³-hybridized carbons (Fsp3) is 0.385. The van der Waals surface area contributed by atoms with Crippen LogP contribution in [0.15, 0.2) is 24.3 Å². The van der Waals surface area contributed by atoms with E-state index < -0.39 is 71.4 Å². The van der Waals surface area contributed by atoms with Crippen molar-refractivity contribution < 1.29 is 41.5 Å². The Morgan fingerprint density at radius 1 is 1.08 bits per heavy atom. The van der Waals surface area contributed by atoms with Gasteiger partial charge in [-0.3, -0.25) is 9.59 Å². The number of amides is 5. The second kappa shape index (κ2) is 9.54. The molecule has 1 aliphatic carbocycles. The van der Waals surface area contributed by atoms with Gasteiger partial charge in [0.25, 0.3) is 5.91 Å². The molecule has 0 radical (unpaired) electrons. The summed E-state index contributed by atoms with van der Waals surface area (Å²) in [5.74, 6) is -6.68. The Morgan fingerprint density at radius 2 is 1.77 bits per heavy atom. The van der Waals surface area contributed by atoms with Gasteiger partial charge in [0.15, 0.2) is 17.5 Å². The number of likely N-dealkylation sites (tertiary alicyclic amines) is 1. The highest BCUT2D eigenvalue weighted by Gasteiger charge is 2.59. The van der Waals surface area contributed by atoms with E-state index in [4.69, 9.17) is 4.74 Å². The van der Waals surface area contributed by atoms with Crippen LogP contribution in [0.4, 0.5) is 32.8 Å². The van der Waals surface area contributed by atoms with Crippen LogP contribution < -0.4 is 10.6 Å². The standard InChI is InChI=1S/C26H24F4N4O5/c1-12-3-6-19(13-9-16(27)22(30)17(28)10-13)34(12)20(35)11-33-23(36)26(39-25(33)38)8-7-14-15(26)4-5-18(21(14)29)32-24(37)31-2/h4-5,9-10,12,19H,3,6-8,11H2,1-2H3,(H2,31,32,37)/t12-,19-,26?/m0/s1.